The Bertz CT molecular complexity index is 62.7. The quantitative estimate of drug-likeness (QED) is 0.443. The summed E-state index contributed by atoms with van der Waals surface area (Å²) < 4.78 is 0. The Hall–Kier alpha value is 1.73. The normalized spacial score (nSPS) is 3.36. The van der Waals surface area contributed by atoms with Crippen molar-refractivity contribution in [1.82, 2.24) is 0 Å². The molecule has 0 N–H and O–H groups in total. The second-order valence-electron chi connectivity index (χ2n) is 1.28. The van der Waals surface area contributed by atoms with E-state index in [1.165, 1.54) is 6.42 Å². The maximum atomic E-state index is 3.60. The number of hydrogen-bond donors (Lipinski definition) is 0. The molecule has 0 bridgehead atoms. The summed E-state index contributed by atoms with van der Waals surface area (Å²) in [5.41, 5.74) is 2.43. The molecule has 0 rings (SSSR count). The van der Waals surface area contributed by atoms with Gasteiger partial charge in [0, 0.05) is 65.4 Å². The minimum atomic E-state index is 0. The van der Waals surface area contributed by atoms with E-state index in [2.05, 4.69) is 32.2 Å². The van der Waals surface area contributed by atoms with Crippen LogP contribution < -0.4 is 0 Å². The predicted octanol–water partition coefficient (Wildman–Crippen LogP) is 5.31. The Kier molecular flexibility index (Phi) is 345. The van der Waals surface area contributed by atoms with E-state index < -0.39 is 0 Å². The van der Waals surface area contributed by atoms with E-state index >= 15 is 0 Å². The van der Waals surface area contributed by atoms with Gasteiger partial charge in [0.15, 0.2) is 0 Å². The molecule has 0 atom stereocenters. The molecule has 2 radical (unpaired) electrons. The molecule has 0 aromatic heterocycles. The largest absolute Gasteiger partial charge is 0.343 e. The fourth-order valence-corrected chi connectivity index (χ4v) is 0. The third-order valence-corrected chi connectivity index (χ3v) is 0.530. The van der Waals surface area contributed by atoms with Crippen LogP contribution in [0.3, 0.4) is 0 Å². The first kappa shape index (κ1) is 57.1. The van der Waals surface area contributed by atoms with Crippen LogP contribution in [-0.2, 0) is 65.4 Å². The van der Waals surface area contributed by atoms with Crippen molar-refractivity contribution < 1.29 is 65.4 Å². The molecule has 2 heteroatoms. The molecule has 0 amide bonds. The van der Waals surface area contributed by atoms with E-state index in [4.69, 9.17) is 0 Å². The number of hydrogen-bond acceptors (Lipinski definition) is 0. The van der Waals surface area contributed by atoms with Crippen molar-refractivity contribution in [3.05, 3.63) is 25.3 Å². The monoisotopic (exact) mass is 352 g/mol. The molecule has 0 fully saturated rings. The molecule has 0 saturated heterocycles. The summed E-state index contributed by atoms with van der Waals surface area (Å²) in [4.78, 5) is 0. The Morgan fingerprint density at radius 3 is 1.29 bits per heavy atom. The van der Waals surface area contributed by atoms with E-state index in [0.717, 1.165) is 6.42 Å². The van der Waals surface area contributed by atoms with E-state index in [1.807, 2.05) is 0 Å². The van der Waals surface area contributed by atoms with Crippen molar-refractivity contribution in [3.63, 3.8) is 0 Å². The fraction of sp³-hybridized carbons (Fsp3) is 0.667. The van der Waals surface area contributed by atoms with Gasteiger partial charge < -0.3 is 12.7 Å². The van der Waals surface area contributed by atoms with Crippen molar-refractivity contribution in [2.24, 2.45) is 0 Å². The average Bonchev–Trinajstić information content (AvgIpc) is 1.88. The van der Waals surface area contributed by atoms with Crippen LogP contribution in [0, 0.1) is 13.0 Å². The van der Waals surface area contributed by atoms with E-state index in [0.29, 0.717) is 0 Å². The molecule has 0 aliphatic carbocycles. The van der Waals surface area contributed by atoms with Crippen LogP contribution in [0.2, 0.25) is 0 Å². The Balaban J connectivity index is -0.00000000600. The van der Waals surface area contributed by atoms with Crippen molar-refractivity contribution in [2.45, 2.75) is 56.4 Å². The zero-order valence-electron chi connectivity index (χ0n) is 6.98. The molecule has 0 unspecified atom stereocenters. The SMILES string of the molecule is C.C.C.C.C=C=[C-]C.[CH2-]CCC.[Y].[Y]. The summed E-state index contributed by atoms with van der Waals surface area (Å²) in [5, 5.41) is 0. The van der Waals surface area contributed by atoms with E-state index in [9.17, 15) is 0 Å². The standard InChI is InChI=1S/C4H9.C4H5.4CH4.2Y/c2*1-3-4-2;;;;;;/h1,3-4H2,2H3;1H2,2H3;4*1H4;;/q2*-1;;;;;;. The molecule has 86 valence electrons. The Morgan fingerprint density at radius 2 is 1.29 bits per heavy atom. The fourth-order valence-electron chi connectivity index (χ4n) is 0. The van der Waals surface area contributed by atoms with Gasteiger partial charge in [-0.15, -0.1) is 6.92 Å². The maximum absolute atomic E-state index is 3.60. The van der Waals surface area contributed by atoms with Gasteiger partial charge in [-0.05, 0) is 0 Å². The molecular weight excluding hydrogens is 322 g/mol. The van der Waals surface area contributed by atoms with Crippen LogP contribution in [0.15, 0.2) is 12.3 Å². The van der Waals surface area contributed by atoms with Crippen molar-refractivity contribution in [1.29, 1.82) is 0 Å². The molecule has 0 aliphatic heterocycles. The molecule has 0 aromatic carbocycles. The first-order valence-corrected chi connectivity index (χ1v) is 2.81. The second-order valence-corrected chi connectivity index (χ2v) is 1.28. The van der Waals surface area contributed by atoms with Crippen LogP contribution in [0.1, 0.15) is 56.4 Å². The second kappa shape index (κ2) is 84.6. The number of allylic oxidation sites excluding steroid dienone is 1. The molecule has 0 aromatic rings. The average molecular weight is 352 g/mol. The topological polar surface area (TPSA) is 0 Å². The minimum absolute atomic E-state index is 0. The van der Waals surface area contributed by atoms with Gasteiger partial charge in [-0.2, -0.15) is 6.42 Å². The van der Waals surface area contributed by atoms with Crippen molar-refractivity contribution in [2.75, 3.05) is 0 Å². The summed E-state index contributed by atoms with van der Waals surface area (Å²) in [6.45, 7) is 10.7. The predicted molar refractivity (Wildman–Crippen MR) is 65.2 cm³/mol. The van der Waals surface area contributed by atoms with Crippen LogP contribution in [0.25, 0.3) is 0 Å². The molecule has 0 aliphatic rings. The molecule has 0 nitrogen and oxygen atoms in total. The Morgan fingerprint density at radius 1 is 1.14 bits per heavy atom. The van der Waals surface area contributed by atoms with Gasteiger partial charge in [-0.3, -0.25) is 0 Å². The molecule has 0 spiro atoms. The van der Waals surface area contributed by atoms with Crippen molar-refractivity contribution >= 4 is 0 Å². The van der Waals surface area contributed by atoms with E-state index in [-0.39, 0.29) is 95.1 Å². The summed E-state index contributed by atoms with van der Waals surface area (Å²) >= 11 is 0. The third-order valence-electron chi connectivity index (χ3n) is 0.530. The van der Waals surface area contributed by atoms with Crippen LogP contribution in [0.5, 0.6) is 0 Å². The first-order chi connectivity index (χ1) is 3.83. The van der Waals surface area contributed by atoms with Gasteiger partial charge in [0.25, 0.3) is 0 Å². The molecular formula is C12H30Y2-2. The zero-order valence-corrected chi connectivity index (χ0v) is 12.7. The summed E-state index contributed by atoms with van der Waals surface area (Å²) in [7, 11) is 0. The van der Waals surface area contributed by atoms with Gasteiger partial charge in [0.1, 0.15) is 0 Å². The molecule has 14 heavy (non-hydrogen) atoms. The van der Waals surface area contributed by atoms with Gasteiger partial charge in [-0.25, -0.2) is 12.7 Å². The molecule has 0 saturated carbocycles. The zero-order chi connectivity index (χ0) is 6.83. The van der Waals surface area contributed by atoms with Crippen LogP contribution in [-0.4, -0.2) is 0 Å². The van der Waals surface area contributed by atoms with Gasteiger partial charge in [0.2, 0.25) is 0 Å². The third kappa shape index (κ3) is 160. The number of rotatable bonds is 1. The maximum Gasteiger partial charge on any atom is 0 e. The van der Waals surface area contributed by atoms with Crippen LogP contribution >= 0.6 is 0 Å². The van der Waals surface area contributed by atoms with Crippen molar-refractivity contribution in [3.8, 4) is 0 Å². The summed E-state index contributed by atoms with van der Waals surface area (Å²) in [6.07, 6.45) is 4.85. The molecule has 0 heterocycles. The van der Waals surface area contributed by atoms with Crippen LogP contribution in [0.4, 0.5) is 0 Å². The van der Waals surface area contributed by atoms with E-state index in [1.54, 1.807) is 6.92 Å². The van der Waals surface area contributed by atoms with Gasteiger partial charge in [-0.1, -0.05) is 43.1 Å². The smallest absolute Gasteiger partial charge is 0 e. The number of unbranched alkanes of at least 4 members (excludes halogenated alkanes) is 1. The first-order valence-electron chi connectivity index (χ1n) is 2.81. The Labute approximate surface area is 145 Å². The minimum Gasteiger partial charge on any atom is -0.343 e. The van der Waals surface area contributed by atoms with Gasteiger partial charge in [0.05, 0.1) is 0 Å². The summed E-state index contributed by atoms with van der Waals surface area (Å²) in [5.74, 6) is 0. The summed E-state index contributed by atoms with van der Waals surface area (Å²) in [6, 6.07) is 0. The van der Waals surface area contributed by atoms with Gasteiger partial charge >= 0.3 is 0 Å².